The van der Waals surface area contributed by atoms with Gasteiger partial charge in [0.15, 0.2) is 0 Å². The Morgan fingerprint density at radius 2 is 1.85 bits per heavy atom. The Hall–Kier alpha value is -0.910. The summed E-state index contributed by atoms with van der Waals surface area (Å²) < 4.78 is 1.06. The van der Waals surface area contributed by atoms with Crippen LogP contribution in [0.25, 0.3) is 0 Å². The molecule has 1 unspecified atom stereocenters. The van der Waals surface area contributed by atoms with Gasteiger partial charge < -0.3 is 10.0 Å². The highest BCUT2D eigenvalue weighted by atomic mass is 79.9. The number of carboxylic acid groups (broad SMARTS) is 1. The van der Waals surface area contributed by atoms with Crippen molar-refractivity contribution in [1.82, 2.24) is 9.80 Å². The normalized spacial score (nSPS) is 12.9. The van der Waals surface area contributed by atoms with E-state index < -0.39 is 5.97 Å². The fourth-order valence-electron chi connectivity index (χ4n) is 2.05. The molecule has 20 heavy (non-hydrogen) atoms. The molecule has 0 aliphatic carbocycles. The molecule has 0 saturated carbocycles. The van der Waals surface area contributed by atoms with Gasteiger partial charge in [0.25, 0.3) is 0 Å². The monoisotopic (exact) mass is 342 g/mol. The van der Waals surface area contributed by atoms with Gasteiger partial charge in [0, 0.05) is 23.6 Å². The third-order valence-electron chi connectivity index (χ3n) is 3.24. The van der Waals surface area contributed by atoms with Crippen LogP contribution in [0.4, 0.5) is 0 Å². The quantitative estimate of drug-likeness (QED) is 0.787. The zero-order valence-corrected chi connectivity index (χ0v) is 13.9. The topological polar surface area (TPSA) is 43.8 Å². The van der Waals surface area contributed by atoms with Crippen molar-refractivity contribution in [3.8, 4) is 0 Å². The van der Waals surface area contributed by atoms with Gasteiger partial charge in [-0.3, -0.25) is 9.69 Å². The minimum Gasteiger partial charge on any atom is -0.480 e. The van der Waals surface area contributed by atoms with Crippen molar-refractivity contribution < 1.29 is 9.90 Å². The molecule has 1 aromatic rings. The predicted octanol–water partition coefficient (Wildman–Crippen LogP) is 2.33. The zero-order chi connectivity index (χ0) is 15.1. The van der Waals surface area contributed by atoms with Gasteiger partial charge in [0.05, 0.1) is 6.54 Å². The van der Waals surface area contributed by atoms with E-state index in [1.165, 1.54) is 5.56 Å². The lowest BCUT2D eigenvalue weighted by Gasteiger charge is -2.28. The van der Waals surface area contributed by atoms with Crippen molar-refractivity contribution in [3.05, 3.63) is 34.3 Å². The van der Waals surface area contributed by atoms with Crippen LogP contribution in [0.2, 0.25) is 0 Å². The maximum absolute atomic E-state index is 11.0. The summed E-state index contributed by atoms with van der Waals surface area (Å²) in [7, 11) is 4.00. The Bertz CT molecular complexity index is 420. The minimum absolute atomic E-state index is 0.0888. The van der Waals surface area contributed by atoms with Crippen LogP contribution in [0, 0.1) is 0 Å². The minimum atomic E-state index is -0.772. The smallest absolute Gasteiger partial charge is 0.317 e. The second kappa shape index (κ2) is 8.39. The molecule has 0 bridgehead atoms. The maximum atomic E-state index is 11.0. The van der Waals surface area contributed by atoms with Crippen molar-refractivity contribution in [3.63, 3.8) is 0 Å². The first-order valence-corrected chi connectivity index (χ1v) is 7.53. The van der Waals surface area contributed by atoms with Gasteiger partial charge in [-0.15, -0.1) is 0 Å². The highest BCUT2D eigenvalue weighted by molar-refractivity contribution is 9.10. The lowest BCUT2D eigenvalue weighted by atomic mass is 10.1. The highest BCUT2D eigenvalue weighted by Crippen LogP contribution is 2.14. The van der Waals surface area contributed by atoms with E-state index >= 15 is 0 Å². The largest absolute Gasteiger partial charge is 0.480 e. The SMILES string of the molecule is CC(Cc1ccc(Br)cc1)N(CCN(C)C)CC(=O)O. The summed E-state index contributed by atoms with van der Waals surface area (Å²) in [5, 5.41) is 9.04. The van der Waals surface area contributed by atoms with Gasteiger partial charge in [-0.25, -0.2) is 0 Å². The summed E-state index contributed by atoms with van der Waals surface area (Å²) in [6.45, 7) is 3.79. The lowest BCUT2D eigenvalue weighted by molar-refractivity contribution is -0.138. The number of benzene rings is 1. The average molecular weight is 343 g/mol. The van der Waals surface area contributed by atoms with Gasteiger partial charge in [0.2, 0.25) is 0 Å². The molecule has 5 heteroatoms. The van der Waals surface area contributed by atoms with Crippen LogP contribution in [0.3, 0.4) is 0 Å². The molecule has 0 aliphatic heterocycles. The molecular formula is C15H23BrN2O2. The van der Waals surface area contributed by atoms with Crippen LogP contribution in [0.1, 0.15) is 12.5 Å². The van der Waals surface area contributed by atoms with Gasteiger partial charge in [0.1, 0.15) is 0 Å². The van der Waals surface area contributed by atoms with Crippen LogP contribution in [-0.4, -0.2) is 60.6 Å². The molecule has 0 saturated heterocycles. The van der Waals surface area contributed by atoms with E-state index in [9.17, 15) is 4.79 Å². The van der Waals surface area contributed by atoms with Crippen LogP contribution in [-0.2, 0) is 11.2 Å². The predicted molar refractivity (Wildman–Crippen MR) is 85.1 cm³/mol. The fourth-order valence-corrected chi connectivity index (χ4v) is 2.31. The summed E-state index contributed by atoms with van der Waals surface area (Å²) in [4.78, 5) is 15.1. The van der Waals surface area contributed by atoms with Crippen molar-refractivity contribution >= 4 is 21.9 Å². The molecule has 1 rings (SSSR count). The number of likely N-dealkylation sites (N-methyl/N-ethyl adjacent to an activating group) is 1. The molecule has 0 aliphatic rings. The van der Waals surface area contributed by atoms with Gasteiger partial charge in [-0.1, -0.05) is 28.1 Å². The van der Waals surface area contributed by atoms with Crippen LogP contribution in [0.15, 0.2) is 28.7 Å². The van der Waals surface area contributed by atoms with Gasteiger partial charge in [-0.2, -0.15) is 0 Å². The van der Waals surface area contributed by atoms with E-state index in [0.717, 1.165) is 24.0 Å². The molecule has 112 valence electrons. The Morgan fingerprint density at radius 1 is 1.25 bits per heavy atom. The zero-order valence-electron chi connectivity index (χ0n) is 12.3. The molecular weight excluding hydrogens is 320 g/mol. The molecule has 1 atom stereocenters. The average Bonchev–Trinajstić information content (AvgIpc) is 2.36. The maximum Gasteiger partial charge on any atom is 0.317 e. The summed E-state index contributed by atoms with van der Waals surface area (Å²) >= 11 is 3.42. The molecule has 0 amide bonds. The van der Waals surface area contributed by atoms with Gasteiger partial charge >= 0.3 is 5.97 Å². The van der Waals surface area contributed by atoms with E-state index in [4.69, 9.17) is 5.11 Å². The fraction of sp³-hybridized carbons (Fsp3) is 0.533. The first-order valence-electron chi connectivity index (χ1n) is 6.73. The van der Waals surface area contributed by atoms with E-state index in [1.54, 1.807) is 0 Å². The first kappa shape index (κ1) is 17.1. The second-order valence-corrected chi connectivity index (χ2v) is 6.26. The summed E-state index contributed by atoms with van der Waals surface area (Å²) in [6.07, 6.45) is 0.855. The molecule has 0 radical (unpaired) electrons. The Balaban J connectivity index is 2.63. The number of carboxylic acids is 1. The first-order chi connectivity index (χ1) is 9.38. The van der Waals surface area contributed by atoms with Crippen LogP contribution >= 0.6 is 15.9 Å². The highest BCUT2D eigenvalue weighted by Gasteiger charge is 2.17. The Kier molecular flexibility index (Phi) is 7.19. The van der Waals surface area contributed by atoms with Crippen molar-refractivity contribution in [1.29, 1.82) is 0 Å². The van der Waals surface area contributed by atoms with Crippen molar-refractivity contribution in [2.45, 2.75) is 19.4 Å². The molecule has 1 N–H and O–H groups in total. The second-order valence-electron chi connectivity index (χ2n) is 5.35. The summed E-state index contributed by atoms with van der Waals surface area (Å²) in [6, 6.07) is 8.39. The number of nitrogens with zero attached hydrogens (tertiary/aromatic N) is 2. The van der Waals surface area contributed by atoms with E-state index in [-0.39, 0.29) is 12.6 Å². The molecule has 0 aromatic heterocycles. The number of hydrogen-bond donors (Lipinski definition) is 1. The molecule has 0 spiro atoms. The number of carbonyl (C=O) groups is 1. The van der Waals surface area contributed by atoms with Crippen LogP contribution < -0.4 is 0 Å². The molecule has 1 aromatic carbocycles. The summed E-state index contributed by atoms with van der Waals surface area (Å²) in [5.74, 6) is -0.772. The molecule has 4 nitrogen and oxygen atoms in total. The standard InChI is InChI=1S/C15H23BrN2O2/c1-12(10-13-4-6-14(16)7-5-13)18(11-15(19)20)9-8-17(2)3/h4-7,12H,8-11H2,1-3H3,(H,19,20). The molecule has 0 fully saturated rings. The van der Waals surface area contributed by atoms with E-state index in [1.807, 2.05) is 31.1 Å². The number of rotatable bonds is 8. The van der Waals surface area contributed by atoms with Gasteiger partial charge in [-0.05, 0) is 45.1 Å². The molecule has 0 heterocycles. The third-order valence-corrected chi connectivity index (χ3v) is 3.77. The van der Waals surface area contributed by atoms with Crippen molar-refractivity contribution in [2.24, 2.45) is 0 Å². The summed E-state index contributed by atoms with van der Waals surface area (Å²) in [5.41, 5.74) is 1.22. The van der Waals surface area contributed by atoms with Crippen molar-refractivity contribution in [2.75, 3.05) is 33.7 Å². The number of hydrogen-bond acceptors (Lipinski definition) is 3. The third kappa shape index (κ3) is 6.50. The van der Waals surface area contributed by atoms with Crippen LogP contribution in [0.5, 0.6) is 0 Å². The van der Waals surface area contributed by atoms with E-state index in [0.29, 0.717) is 0 Å². The van der Waals surface area contributed by atoms with E-state index in [2.05, 4.69) is 39.9 Å². The number of aliphatic carboxylic acids is 1. The lowest BCUT2D eigenvalue weighted by Crippen LogP contribution is -2.42. The number of halogens is 1. The Morgan fingerprint density at radius 3 is 2.35 bits per heavy atom. The Labute approximate surface area is 129 Å².